The van der Waals surface area contributed by atoms with Gasteiger partial charge in [0.2, 0.25) is 0 Å². The van der Waals surface area contributed by atoms with Crippen LogP contribution in [-0.2, 0) is 10.8 Å². The number of anilines is 1. The molecule has 7 heteroatoms. The summed E-state index contributed by atoms with van der Waals surface area (Å²) in [6, 6.07) is 12.7. The Hall–Kier alpha value is -2.51. The minimum atomic E-state index is -1.49. The molecular weight excluding hydrogens is 410 g/mol. The second-order valence-corrected chi connectivity index (χ2v) is 9.55. The van der Waals surface area contributed by atoms with Gasteiger partial charge in [-0.2, -0.15) is 0 Å². The number of nitrogens with one attached hydrogen (secondary N) is 1. The minimum absolute atomic E-state index is 0.177. The molecule has 0 aliphatic carbocycles. The van der Waals surface area contributed by atoms with E-state index in [9.17, 15) is 13.8 Å². The van der Waals surface area contributed by atoms with Crippen LogP contribution in [0.1, 0.15) is 53.8 Å². The van der Waals surface area contributed by atoms with Gasteiger partial charge < -0.3 is 10.2 Å². The predicted octanol–water partition coefficient (Wildman–Crippen LogP) is 3.44. The van der Waals surface area contributed by atoms with Gasteiger partial charge in [0.15, 0.2) is 0 Å². The first-order valence-electron chi connectivity index (χ1n) is 11.0. The molecule has 0 saturated carbocycles. The lowest BCUT2D eigenvalue weighted by Gasteiger charge is -2.33. The van der Waals surface area contributed by atoms with Crippen LogP contribution in [0.2, 0.25) is 0 Å². The highest BCUT2D eigenvalue weighted by molar-refractivity contribution is 7.85. The average molecular weight is 440 g/mol. The van der Waals surface area contributed by atoms with E-state index >= 15 is 0 Å². The van der Waals surface area contributed by atoms with Gasteiger partial charge in [0.1, 0.15) is 0 Å². The van der Waals surface area contributed by atoms with E-state index in [0.717, 1.165) is 13.1 Å². The number of benzene rings is 2. The van der Waals surface area contributed by atoms with E-state index in [1.165, 1.54) is 19.3 Å². The zero-order chi connectivity index (χ0) is 22.0. The third kappa shape index (κ3) is 4.29. The Morgan fingerprint density at radius 3 is 2.74 bits per heavy atom. The number of hydrogen-bond donors (Lipinski definition) is 1. The van der Waals surface area contributed by atoms with Crippen molar-refractivity contribution >= 4 is 28.3 Å². The Balaban J connectivity index is 1.55. The van der Waals surface area contributed by atoms with Crippen molar-refractivity contribution in [2.45, 2.75) is 48.9 Å². The molecule has 2 aromatic rings. The number of rotatable bonds is 5. The van der Waals surface area contributed by atoms with Crippen LogP contribution in [0.5, 0.6) is 0 Å². The van der Waals surface area contributed by atoms with Crippen molar-refractivity contribution in [3.05, 3.63) is 53.6 Å². The molecular formula is C24H29N3O3S. The number of hydrogen-bond acceptors (Lipinski definition) is 4. The topological polar surface area (TPSA) is 69.7 Å². The van der Waals surface area contributed by atoms with E-state index in [4.69, 9.17) is 0 Å². The van der Waals surface area contributed by atoms with E-state index in [-0.39, 0.29) is 11.8 Å². The number of likely N-dealkylation sites (tertiary alicyclic amines) is 1. The molecule has 2 atom stereocenters. The normalized spacial score (nSPS) is 21.2. The van der Waals surface area contributed by atoms with E-state index in [0.29, 0.717) is 45.7 Å². The second-order valence-electron chi connectivity index (χ2n) is 8.13. The molecule has 2 aliphatic heterocycles. The van der Waals surface area contributed by atoms with E-state index in [2.05, 4.69) is 17.1 Å². The summed E-state index contributed by atoms with van der Waals surface area (Å²) in [5.74, 6) is -0.370. The summed E-state index contributed by atoms with van der Waals surface area (Å²) in [5.41, 5.74) is 1.46. The summed E-state index contributed by atoms with van der Waals surface area (Å²) in [6.45, 7) is 7.03. The lowest BCUT2D eigenvalue weighted by Crippen LogP contribution is -2.42. The maximum Gasteiger partial charge on any atom is 0.259 e. The van der Waals surface area contributed by atoms with Crippen molar-refractivity contribution < 1.29 is 13.8 Å². The first kappa shape index (κ1) is 21.7. The lowest BCUT2D eigenvalue weighted by molar-refractivity contribution is 0.0936. The molecule has 2 aliphatic rings. The molecule has 2 aromatic carbocycles. The number of nitrogens with zero attached hydrogens (tertiary/aromatic N) is 2. The quantitative estimate of drug-likeness (QED) is 0.775. The van der Waals surface area contributed by atoms with Gasteiger partial charge in [-0.1, -0.05) is 18.6 Å². The Morgan fingerprint density at radius 1 is 1.16 bits per heavy atom. The van der Waals surface area contributed by atoms with Gasteiger partial charge in [-0.15, -0.1) is 0 Å². The van der Waals surface area contributed by atoms with Crippen molar-refractivity contribution in [3.63, 3.8) is 0 Å². The van der Waals surface area contributed by atoms with Gasteiger partial charge in [0.25, 0.3) is 11.8 Å². The number of fused-ring (bicyclic) bond motifs is 2. The van der Waals surface area contributed by atoms with Crippen LogP contribution in [0.25, 0.3) is 0 Å². The van der Waals surface area contributed by atoms with Crippen molar-refractivity contribution in [2.24, 2.45) is 0 Å². The second kappa shape index (κ2) is 9.32. The molecule has 31 heavy (non-hydrogen) atoms. The smallest absolute Gasteiger partial charge is 0.259 e. The Kier molecular flexibility index (Phi) is 6.53. The fraction of sp³-hybridized carbons (Fsp3) is 0.417. The maximum absolute atomic E-state index is 13.2. The summed E-state index contributed by atoms with van der Waals surface area (Å²) in [5, 5.41) is 3.00. The molecule has 0 aromatic heterocycles. The Morgan fingerprint density at radius 2 is 1.97 bits per heavy atom. The monoisotopic (exact) mass is 439 g/mol. The highest BCUT2D eigenvalue weighted by Crippen LogP contribution is 2.35. The molecule has 2 amide bonds. The van der Waals surface area contributed by atoms with Gasteiger partial charge in [-0.3, -0.25) is 14.5 Å². The van der Waals surface area contributed by atoms with E-state index in [1.54, 1.807) is 47.4 Å². The molecule has 164 valence electrons. The zero-order valence-corrected chi connectivity index (χ0v) is 18.9. The number of carbonyl (C=O) groups excluding carboxylic acids is 2. The van der Waals surface area contributed by atoms with Crippen LogP contribution >= 0.6 is 0 Å². The van der Waals surface area contributed by atoms with Crippen LogP contribution < -0.4 is 10.2 Å². The first-order valence-corrected chi connectivity index (χ1v) is 12.1. The first-order chi connectivity index (χ1) is 15.0. The fourth-order valence-electron chi connectivity index (χ4n) is 4.42. The lowest BCUT2D eigenvalue weighted by atomic mass is 10.0. The minimum Gasteiger partial charge on any atom is -0.351 e. The molecule has 1 saturated heterocycles. The SMILES string of the molecule is CCN1C(=O)c2ccccc2S(=O)c2ccc(C(=O)NCCN3CCCCC3C)cc21. The average Bonchev–Trinajstić information content (AvgIpc) is 2.88. The van der Waals surface area contributed by atoms with Crippen LogP contribution in [0, 0.1) is 0 Å². The molecule has 0 radical (unpaired) electrons. The summed E-state index contributed by atoms with van der Waals surface area (Å²) >= 11 is 0. The Labute approximate surface area is 186 Å². The third-order valence-corrected chi connectivity index (χ3v) is 7.72. The molecule has 4 rings (SSSR count). The Bertz CT molecular complexity index is 1020. The standard InChI is InChI=1S/C24H29N3O3S/c1-3-27-20-16-18(23(28)25-13-15-26-14-7-6-8-17(26)2)11-12-22(20)31(30)21-10-5-4-9-19(21)24(27)29/h4-5,9-12,16-17H,3,6-8,13-15H2,1-2H3,(H,25,28). The highest BCUT2D eigenvalue weighted by atomic mass is 32.2. The molecule has 6 nitrogen and oxygen atoms in total. The van der Waals surface area contributed by atoms with Crippen LogP contribution in [-0.4, -0.2) is 53.1 Å². The van der Waals surface area contributed by atoms with Gasteiger partial charge in [0, 0.05) is 31.2 Å². The zero-order valence-electron chi connectivity index (χ0n) is 18.1. The summed E-state index contributed by atoms with van der Waals surface area (Å²) in [4.78, 5) is 31.0. The van der Waals surface area contributed by atoms with Gasteiger partial charge in [0.05, 0.1) is 31.8 Å². The third-order valence-electron chi connectivity index (χ3n) is 6.22. The molecule has 0 spiro atoms. The molecule has 0 bridgehead atoms. The van der Waals surface area contributed by atoms with Crippen LogP contribution in [0.15, 0.2) is 52.3 Å². The summed E-state index contributed by atoms with van der Waals surface area (Å²) < 4.78 is 13.2. The highest BCUT2D eigenvalue weighted by Gasteiger charge is 2.30. The summed E-state index contributed by atoms with van der Waals surface area (Å²) in [7, 11) is -1.49. The largest absolute Gasteiger partial charge is 0.351 e. The molecule has 1 fully saturated rings. The number of carbonyl (C=O) groups is 2. The molecule has 2 unspecified atom stereocenters. The van der Waals surface area contributed by atoms with Gasteiger partial charge >= 0.3 is 0 Å². The molecule has 2 heterocycles. The van der Waals surface area contributed by atoms with E-state index < -0.39 is 10.8 Å². The van der Waals surface area contributed by atoms with Gasteiger partial charge in [-0.05, 0) is 63.6 Å². The van der Waals surface area contributed by atoms with Crippen LogP contribution in [0.3, 0.4) is 0 Å². The fourth-order valence-corrected chi connectivity index (χ4v) is 5.77. The van der Waals surface area contributed by atoms with Gasteiger partial charge in [-0.25, -0.2) is 4.21 Å². The summed E-state index contributed by atoms with van der Waals surface area (Å²) in [6.07, 6.45) is 3.69. The predicted molar refractivity (Wildman–Crippen MR) is 122 cm³/mol. The molecule has 1 N–H and O–H groups in total. The van der Waals surface area contributed by atoms with E-state index in [1.807, 2.05) is 6.92 Å². The van der Waals surface area contributed by atoms with Crippen molar-refractivity contribution in [1.29, 1.82) is 0 Å². The van der Waals surface area contributed by atoms with Crippen molar-refractivity contribution in [3.8, 4) is 0 Å². The van der Waals surface area contributed by atoms with Crippen molar-refractivity contribution in [2.75, 3.05) is 31.1 Å². The number of piperidine rings is 1. The van der Waals surface area contributed by atoms with Crippen molar-refractivity contribution in [1.82, 2.24) is 10.2 Å². The maximum atomic E-state index is 13.2. The number of amides is 2. The van der Waals surface area contributed by atoms with Crippen LogP contribution in [0.4, 0.5) is 5.69 Å².